The zero-order valence-electron chi connectivity index (χ0n) is 15.4. The molecule has 0 heterocycles. The average Bonchev–Trinajstić information content (AvgIpc) is 2.45. The second-order valence-corrected chi connectivity index (χ2v) is 13.8. The molecule has 0 radical (unpaired) electrons. The minimum Gasteiger partial charge on any atom is -1.00 e. The van der Waals surface area contributed by atoms with Crippen LogP contribution in [0.3, 0.4) is 0 Å². The summed E-state index contributed by atoms with van der Waals surface area (Å²) < 4.78 is 0.187. The third-order valence-electron chi connectivity index (χ3n) is 3.85. The van der Waals surface area contributed by atoms with Crippen LogP contribution < -0.4 is 12.4 Å². The fraction of sp³-hybridized carbons (Fsp3) is 0.882. The topological polar surface area (TPSA) is 34.1 Å². The lowest BCUT2D eigenvalue weighted by Crippen LogP contribution is -3.00. The predicted molar refractivity (Wildman–Crippen MR) is 107 cm³/mol. The zero-order valence-corrected chi connectivity index (χ0v) is 18.7. The Morgan fingerprint density at radius 3 is 1.30 bits per heavy atom. The van der Waals surface area contributed by atoms with Crippen molar-refractivity contribution in [2.24, 2.45) is 0 Å². The number of hydrogen-bond acceptors (Lipinski definition) is 4. The van der Waals surface area contributed by atoms with Crippen LogP contribution in [-0.2, 0) is 9.59 Å². The molecular weight excluding hydrogens is 367 g/mol. The summed E-state index contributed by atoms with van der Waals surface area (Å²) in [7, 11) is -1.28. The lowest BCUT2D eigenvalue weighted by atomic mass is 10.4. The molecule has 0 saturated carbocycles. The van der Waals surface area contributed by atoms with Crippen molar-refractivity contribution >= 4 is 41.0 Å². The van der Waals surface area contributed by atoms with E-state index in [1.165, 1.54) is 80.5 Å². The lowest BCUT2D eigenvalue weighted by molar-refractivity contribution is -0.109. The summed E-state index contributed by atoms with van der Waals surface area (Å²) >= 11 is 2.88. The van der Waals surface area contributed by atoms with Gasteiger partial charge >= 0.3 is 0 Å². The molecule has 0 atom stereocenters. The Balaban J connectivity index is 0. The normalized spacial score (nSPS) is 11.4. The Morgan fingerprint density at radius 1 is 0.783 bits per heavy atom. The number of carbonyl (C=O) groups is 2. The molecule has 0 saturated heterocycles. The quantitative estimate of drug-likeness (QED) is 0.372. The smallest absolute Gasteiger partial charge is 0.190 e. The van der Waals surface area contributed by atoms with Gasteiger partial charge in [-0.25, -0.2) is 0 Å². The van der Waals surface area contributed by atoms with Gasteiger partial charge in [0.05, 0.1) is 18.5 Å². The molecule has 0 aromatic carbocycles. The van der Waals surface area contributed by atoms with E-state index >= 15 is 0 Å². The maximum absolute atomic E-state index is 11.8. The molecule has 0 aliphatic carbocycles. The van der Waals surface area contributed by atoms with Crippen LogP contribution in [0.1, 0.15) is 73.1 Å². The van der Waals surface area contributed by atoms with E-state index in [1.807, 2.05) is 0 Å². The Morgan fingerprint density at radius 2 is 1.09 bits per heavy atom. The molecule has 0 aliphatic rings. The number of carbonyl (C=O) groups excluding carboxylic acids is 2. The summed E-state index contributed by atoms with van der Waals surface area (Å²) in [6, 6.07) is 0. The van der Waals surface area contributed by atoms with E-state index in [-0.39, 0.29) is 27.0 Å². The number of rotatable bonds is 12. The van der Waals surface area contributed by atoms with E-state index in [1.54, 1.807) is 13.8 Å². The summed E-state index contributed by atoms with van der Waals surface area (Å²) in [5.41, 5.74) is 0. The predicted octanol–water partition coefficient (Wildman–Crippen LogP) is 3.25. The first-order chi connectivity index (χ1) is 10.4. The fourth-order valence-electron chi connectivity index (χ4n) is 2.60. The van der Waals surface area contributed by atoms with Crippen molar-refractivity contribution in [2.75, 3.05) is 18.5 Å². The average molecular weight is 401 g/mol. The Kier molecular flexibility index (Phi) is 17.0. The van der Waals surface area contributed by atoms with E-state index < -0.39 is 7.26 Å². The van der Waals surface area contributed by atoms with Gasteiger partial charge in [-0.15, -0.1) is 0 Å². The summed E-state index contributed by atoms with van der Waals surface area (Å²) in [6.45, 7) is 10.00. The van der Waals surface area contributed by atoms with Crippen LogP contribution in [0.5, 0.6) is 0 Å². The van der Waals surface area contributed by atoms with Crippen LogP contribution in [0.2, 0.25) is 0 Å². The number of halogens is 1. The molecule has 0 unspecified atom stereocenters. The van der Waals surface area contributed by atoms with Crippen LogP contribution >= 0.6 is 30.8 Å². The lowest BCUT2D eigenvalue weighted by Gasteiger charge is -2.33. The molecule has 6 heteroatoms. The molecule has 2 nitrogen and oxygen atoms in total. The van der Waals surface area contributed by atoms with Gasteiger partial charge in [0.1, 0.15) is 0 Å². The second kappa shape index (κ2) is 15.0. The molecular formula is C17H34ClO2PS2. The summed E-state index contributed by atoms with van der Waals surface area (Å²) in [5.74, 6) is 0. The monoisotopic (exact) mass is 400 g/mol. The molecule has 0 spiro atoms. The van der Waals surface area contributed by atoms with Gasteiger partial charge in [-0.3, -0.25) is 9.59 Å². The van der Waals surface area contributed by atoms with E-state index in [0.717, 1.165) is 0 Å². The molecule has 0 amide bonds. The molecule has 0 rings (SSSR count). The Labute approximate surface area is 158 Å². The van der Waals surface area contributed by atoms with Crippen LogP contribution in [-0.4, -0.2) is 33.0 Å². The highest BCUT2D eigenvalue weighted by Crippen LogP contribution is 2.70. The molecule has 138 valence electrons. The van der Waals surface area contributed by atoms with Crippen molar-refractivity contribution in [3.05, 3.63) is 0 Å². The molecule has 0 bridgehead atoms. The van der Waals surface area contributed by atoms with Crippen molar-refractivity contribution in [1.29, 1.82) is 0 Å². The van der Waals surface area contributed by atoms with Crippen molar-refractivity contribution in [1.82, 2.24) is 0 Å². The first kappa shape index (κ1) is 26.0. The first-order valence-corrected chi connectivity index (χ1v) is 12.8. The number of thioether (sulfide) groups is 2. The molecule has 0 aliphatic heterocycles. The highest BCUT2D eigenvalue weighted by Gasteiger charge is 2.46. The van der Waals surface area contributed by atoms with Crippen LogP contribution in [0.25, 0.3) is 0 Å². The maximum Gasteiger partial charge on any atom is 0.190 e. The molecule has 23 heavy (non-hydrogen) atoms. The van der Waals surface area contributed by atoms with Crippen LogP contribution in [0, 0.1) is 0 Å². The summed E-state index contributed by atoms with van der Waals surface area (Å²) in [4.78, 5) is 23.5. The van der Waals surface area contributed by atoms with Gasteiger partial charge in [-0.1, -0.05) is 40.0 Å². The third kappa shape index (κ3) is 11.1. The van der Waals surface area contributed by atoms with Gasteiger partial charge in [-0.2, -0.15) is 0 Å². The van der Waals surface area contributed by atoms with Gasteiger partial charge in [0, 0.05) is 21.1 Å². The summed E-state index contributed by atoms with van der Waals surface area (Å²) in [6.07, 6.45) is 11.0. The van der Waals surface area contributed by atoms with Gasteiger partial charge in [0.2, 0.25) is 0 Å². The number of unbranched alkanes of at least 4 members (excludes halogenated alkanes) is 3. The highest BCUT2D eigenvalue weighted by molar-refractivity contribution is 8.36. The fourth-order valence-corrected chi connectivity index (χ4v) is 12.9. The van der Waals surface area contributed by atoms with E-state index in [4.69, 9.17) is 0 Å². The van der Waals surface area contributed by atoms with Crippen molar-refractivity contribution < 1.29 is 22.0 Å². The zero-order chi connectivity index (χ0) is 17.0. The van der Waals surface area contributed by atoms with Gasteiger partial charge in [-0.05, 0) is 42.8 Å². The van der Waals surface area contributed by atoms with Crippen molar-refractivity contribution in [3.63, 3.8) is 0 Å². The first-order valence-electron chi connectivity index (χ1n) is 8.62. The molecule has 0 aromatic heterocycles. The standard InChI is InChI=1S/C17H34O2PS2.ClH/c1-6-9-12-20(13-10-7-2,14-11-8-3)17(21-15(4)18)22-16(5)19;/h17H,6-14H2,1-5H3;1H/q+1;/p-1. The summed E-state index contributed by atoms with van der Waals surface area (Å²) in [5, 5.41) is 0.320. The van der Waals surface area contributed by atoms with E-state index in [2.05, 4.69) is 20.8 Å². The highest BCUT2D eigenvalue weighted by atomic mass is 35.5. The minimum atomic E-state index is -1.28. The Bertz CT molecular complexity index is 303. The largest absolute Gasteiger partial charge is 1.00 e. The van der Waals surface area contributed by atoms with Gasteiger partial charge in [0.25, 0.3) is 0 Å². The maximum atomic E-state index is 11.8. The Hall–Kier alpha value is 0.760. The third-order valence-corrected chi connectivity index (χ3v) is 13.3. The molecule has 0 fully saturated rings. The number of hydrogen-bond donors (Lipinski definition) is 0. The van der Waals surface area contributed by atoms with Crippen LogP contribution in [0.15, 0.2) is 0 Å². The molecule has 0 aromatic rings. The van der Waals surface area contributed by atoms with Crippen molar-refractivity contribution in [3.8, 4) is 0 Å². The van der Waals surface area contributed by atoms with E-state index in [9.17, 15) is 9.59 Å². The SMILES string of the molecule is CCCC[P+](CCCC)(CCCC)C(SC(C)=O)SC(C)=O.[Cl-]. The van der Waals surface area contributed by atoms with Gasteiger partial charge in [0.15, 0.2) is 14.6 Å². The van der Waals surface area contributed by atoms with Gasteiger partial charge < -0.3 is 12.4 Å². The second-order valence-electron chi connectivity index (χ2n) is 5.98. The van der Waals surface area contributed by atoms with Crippen molar-refractivity contribution in [2.45, 2.75) is 77.5 Å². The van der Waals surface area contributed by atoms with Crippen LogP contribution in [0.4, 0.5) is 0 Å². The minimum absolute atomic E-state index is 0. The van der Waals surface area contributed by atoms with E-state index in [0.29, 0.717) is 0 Å². The molecule has 0 N–H and O–H groups in total.